The highest BCUT2D eigenvalue weighted by Gasteiger charge is 2.19. The van der Waals surface area contributed by atoms with Crippen LogP contribution in [0, 0.1) is 0 Å². The highest BCUT2D eigenvalue weighted by atomic mass is 16.5. The number of aromatic nitrogens is 1. The first kappa shape index (κ1) is 22.2. The summed E-state index contributed by atoms with van der Waals surface area (Å²) in [6.07, 6.45) is 2.80. The maximum atomic E-state index is 12.4. The van der Waals surface area contributed by atoms with Gasteiger partial charge in [-0.15, -0.1) is 0 Å². The number of methoxy groups -OCH3 is 2. The van der Waals surface area contributed by atoms with E-state index in [0.29, 0.717) is 24.1 Å². The summed E-state index contributed by atoms with van der Waals surface area (Å²) in [5.41, 5.74) is 9.17. The van der Waals surface area contributed by atoms with Crippen molar-refractivity contribution in [3.8, 4) is 0 Å². The number of aryl methyl sites for hydroxylation is 1. The van der Waals surface area contributed by atoms with Crippen molar-refractivity contribution in [2.75, 3.05) is 14.2 Å². The van der Waals surface area contributed by atoms with E-state index in [1.807, 2.05) is 30.3 Å². The molecule has 4 N–H and O–H groups in total. The molecule has 0 spiro atoms. The standard InChI is InChI=1S/C21H27N3O5/c1-28-19(25)9-8-15-12-23-18(16(15)11-20(26)29-2)13-24-21(27)17(22)10-14-6-4-3-5-7-14/h3-7,12,17,23H,8-11,13,22H2,1-2H3,(H,24,27)/t17-/m0/s1. The van der Waals surface area contributed by atoms with Gasteiger partial charge in [0.1, 0.15) is 0 Å². The molecule has 0 radical (unpaired) electrons. The molecular weight excluding hydrogens is 374 g/mol. The van der Waals surface area contributed by atoms with Gasteiger partial charge in [0.15, 0.2) is 0 Å². The van der Waals surface area contributed by atoms with Crippen molar-refractivity contribution in [2.45, 2.75) is 38.3 Å². The van der Waals surface area contributed by atoms with Gasteiger partial charge < -0.3 is 25.5 Å². The average molecular weight is 401 g/mol. The van der Waals surface area contributed by atoms with Crippen LogP contribution >= 0.6 is 0 Å². The zero-order valence-electron chi connectivity index (χ0n) is 16.7. The molecule has 1 aromatic heterocycles. The Labute approximate surface area is 169 Å². The summed E-state index contributed by atoms with van der Waals surface area (Å²) >= 11 is 0. The Morgan fingerprint density at radius 2 is 1.79 bits per heavy atom. The summed E-state index contributed by atoms with van der Waals surface area (Å²) in [6, 6.07) is 8.85. The monoisotopic (exact) mass is 401 g/mol. The molecule has 0 aliphatic rings. The van der Waals surface area contributed by atoms with Gasteiger partial charge in [-0.25, -0.2) is 0 Å². The molecule has 0 aliphatic heterocycles. The fraction of sp³-hybridized carbons (Fsp3) is 0.381. The Bertz CT molecular complexity index is 832. The molecule has 29 heavy (non-hydrogen) atoms. The van der Waals surface area contributed by atoms with E-state index in [4.69, 9.17) is 10.5 Å². The largest absolute Gasteiger partial charge is 0.469 e. The van der Waals surface area contributed by atoms with Crippen LogP contribution in [0.1, 0.15) is 28.8 Å². The van der Waals surface area contributed by atoms with E-state index in [1.165, 1.54) is 14.2 Å². The number of nitrogens with one attached hydrogen (secondary N) is 2. The van der Waals surface area contributed by atoms with Gasteiger partial charge in [0.25, 0.3) is 0 Å². The summed E-state index contributed by atoms with van der Waals surface area (Å²) in [7, 11) is 2.64. The SMILES string of the molecule is COC(=O)CCc1c[nH]c(CNC(=O)[C@@H](N)Cc2ccccc2)c1CC(=O)OC. The Balaban J connectivity index is 2.02. The van der Waals surface area contributed by atoms with E-state index in [9.17, 15) is 14.4 Å². The van der Waals surface area contributed by atoms with Crippen LogP contribution in [0.25, 0.3) is 0 Å². The number of carbonyl (C=O) groups is 3. The van der Waals surface area contributed by atoms with Crippen LogP contribution in [0.3, 0.4) is 0 Å². The van der Waals surface area contributed by atoms with Crippen LogP contribution in [-0.2, 0) is 49.7 Å². The molecule has 1 aromatic carbocycles. The molecule has 0 aliphatic carbocycles. The van der Waals surface area contributed by atoms with E-state index in [1.54, 1.807) is 6.20 Å². The lowest BCUT2D eigenvalue weighted by Gasteiger charge is -2.13. The topological polar surface area (TPSA) is 124 Å². The highest BCUT2D eigenvalue weighted by Crippen LogP contribution is 2.18. The van der Waals surface area contributed by atoms with Crippen LogP contribution in [0.4, 0.5) is 0 Å². The van der Waals surface area contributed by atoms with E-state index in [2.05, 4.69) is 15.0 Å². The van der Waals surface area contributed by atoms with Gasteiger partial charge in [0.2, 0.25) is 5.91 Å². The Kier molecular flexibility index (Phi) is 8.42. The number of aromatic amines is 1. The normalized spacial score (nSPS) is 11.6. The first-order chi connectivity index (χ1) is 13.9. The molecular formula is C21H27N3O5. The van der Waals surface area contributed by atoms with Gasteiger partial charge in [-0.3, -0.25) is 14.4 Å². The summed E-state index contributed by atoms with van der Waals surface area (Å²) in [5.74, 6) is -1.03. The number of benzene rings is 1. The number of rotatable bonds is 10. The number of H-pyrrole nitrogens is 1. The van der Waals surface area contributed by atoms with Gasteiger partial charge in [-0.2, -0.15) is 0 Å². The molecule has 2 rings (SSSR count). The smallest absolute Gasteiger partial charge is 0.310 e. The van der Waals surface area contributed by atoms with Crippen LogP contribution in [0.5, 0.6) is 0 Å². The molecule has 0 saturated carbocycles. The van der Waals surface area contributed by atoms with Gasteiger partial charge in [0, 0.05) is 18.3 Å². The average Bonchev–Trinajstić information content (AvgIpc) is 3.11. The summed E-state index contributed by atoms with van der Waals surface area (Å²) in [5, 5.41) is 2.80. The predicted molar refractivity (Wildman–Crippen MR) is 107 cm³/mol. The number of amides is 1. The number of ether oxygens (including phenoxy) is 2. The van der Waals surface area contributed by atoms with E-state index in [0.717, 1.165) is 11.1 Å². The zero-order valence-corrected chi connectivity index (χ0v) is 16.7. The van der Waals surface area contributed by atoms with Crippen LogP contribution < -0.4 is 11.1 Å². The summed E-state index contributed by atoms with van der Waals surface area (Å²) in [4.78, 5) is 38.7. The number of hydrogen-bond donors (Lipinski definition) is 3. The molecule has 1 atom stereocenters. The van der Waals surface area contributed by atoms with Crippen LogP contribution in [-0.4, -0.2) is 43.1 Å². The lowest BCUT2D eigenvalue weighted by molar-refractivity contribution is -0.141. The predicted octanol–water partition coefficient (Wildman–Crippen LogP) is 1.02. The fourth-order valence-electron chi connectivity index (χ4n) is 2.97. The fourth-order valence-corrected chi connectivity index (χ4v) is 2.97. The maximum absolute atomic E-state index is 12.4. The molecule has 0 bridgehead atoms. The number of nitrogens with two attached hydrogens (primary N) is 1. The van der Waals surface area contributed by atoms with Gasteiger partial charge in [-0.1, -0.05) is 30.3 Å². The third-order valence-corrected chi connectivity index (χ3v) is 4.62. The lowest BCUT2D eigenvalue weighted by atomic mass is 10.0. The van der Waals surface area contributed by atoms with E-state index in [-0.39, 0.29) is 31.3 Å². The van der Waals surface area contributed by atoms with Crippen LogP contribution in [0.15, 0.2) is 36.5 Å². The van der Waals surface area contributed by atoms with Crippen molar-refractivity contribution >= 4 is 17.8 Å². The molecule has 0 saturated heterocycles. The molecule has 156 valence electrons. The summed E-state index contributed by atoms with van der Waals surface area (Å²) in [6.45, 7) is 0.186. The minimum Gasteiger partial charge on any atom is -0.469 e. The second-order valence-corrected chi connectivity index (χ2v) is 6.61. The van der Waals surface area contributed by atoms with Crippen molar-refractivity contribution in [1.29, 1.82) is 0 Å². The van der Waals surface area contributed by atoms with Gasteiger partial charge in [0.05, 0.1) is 33.2 Å². The molecule has 0 unspecified atom stereocenters. The van der Waals surface area contributed by atoms with E-state index >= 15 is 0 Å². The van der Waals surface area contributed by atoms with Crippen molar-refractivity contribution in [1.82, 2.24) is 10.3 Å². The third kappa shape index (κ3) is 6.76. The molecule has 1 heterocycles. The Morgan fingerprint density at radius 1 is 1.10 bits per heavy atom. The minimum absolute atomic E-state index is 0.0395. The van der Waals surface area contributed by atoms with Crippen molar-refractivity contribution in [3.05, 3.63) is 58.9 Å². The maximum Gasteiger partial charge on any atom is 0.310 e. The van der Waals surface area contributed by atoms with E-state index < -0.39 is 12.0 Å². The lowest BCUT2D eigenvalue weighted by Crippen LogP contribution is -2.41. The van der Waals surface area contributed by atoms with Crippen molar-refractivity contribution in [3.63, 3.8) is 0 Å². The molecule has 8 heteroatoms. The molecule has 8 nitrogen and oxygen atoms in total. The van der Waals surface area contributed by atoms with Gasteiger partial charge in [-0.05, 0) is 29.5 Å². The molecule has 2 aromatic rings. The number of carbonyl (C=O) groups excluding carboxylic acids is 3. The van der Waals surface area contributed by atoms with Gasteiger partial charge >= 0.3 is 11.9 Å². The number of hydrogen-bond acceptors (Lipinski definition) is 6. The minimum atomic E-state index is -0.685. The quantitative estimate of drug-likeness (QED) is 0.511. The first-order valence-electron chi connectivity index (χ1n) is 9.33. The third-order valence-electron chi connectivity index (χ3n) is 4.62. The molecule has 1 amide bonds. The molecule has 0 fully saturated rings. The van der Waals surface area contributed by atoms with Crippen molar-refractivity contribution in [2.24, 2.45) is 5.73 Å². The second-order valence-electron chi connectivity index (χ2n) is 6.61. The number of esters is 2. The first-order valence-corrected chi connectivity index (χ1v) is 9.33. The van der Waals surface area contributed by atoms with Crippen LogP contribution in [0.2, 0.25) is 0 Å². The Morgan fingerprint density at radius 3 is 2.45 bits per heavy atom. The Hall–Kier alpha value is -3.13. The highest BCUT2D eigenvalue weighted by molar-refractivity contribution is 5.82. The second kappa shape index (κ2) is 11.0. The zero-order chi connectivity index (χ0) is 21.2. The summed E-state index contributed by atoms with van der Waals surface area (Å²) < 4.78 is 9.42. The van der Waals surface area contributed by atoms with Crippen molar-refractivity contribution < 1.29 is 23.9 Å².